The highest BCUT2D eigenvalue weighted by molar-refractivity contribution is 14.0. The molecule has 0 aliphatic heterocycles. The quantitative estimate of drug-likeness (QED) is 0.478. The van der Waals surface area contributed by atoms with Gasteiger partial charge in [0.25, 0.3) is 0 Å². The SMILES string of the molecule is CN=C(NCCc1ccc(F)cc1F)NC1CC1.I. The largest absolute Gasteiger partial charge is 0.356 e. The summed E-state index contributed by atoms with van der Waals surface area (Å²) in [4.78, 5) is 4.08. The molecular formula is C13H18F2IN3. The van der Waals surface area contributed by atoms with Crippen LogP contribution in [-0.4, -0.2) is 25.6 Å². The van der Waals surface area contributed by atoms with Gasteiger partial charge in [0.2, 0.25) is 0 Å². The Bertz CT molecular complexity index is 448. The maximum Gasteiger partial charge on any atom is 0.191 e. The van der Waals surface area contributed by atoms with Gasteiger partial charge < -0.3 is 10.6 Å². The van der Waals surface area contributed by atoms with Gasteiger partial charge in [-0.05, 0) is 30.9 Å². The lowest BCUT2D eigenvalue weighted by atomic mass is 10.1. The van der Waals surface area contributed by atoms with Gasteiger partial charge in [-0.2, -0.15) is 0 Å². The van der Waals surface area contributed by atoms with E-state index in [1.165, 1.54) is 25.0 Å². The van der Waals surface area contributed by atoms with Crippen LogP contribution in [0.2, 0.25) is 0 Å². The van der Waals surface area contributed by atoms with Crippen molar-refractivity contribution >= 4 is 29.9 Å². The molecule has 6 heteroatoms. The first-order valence-corrected chi connectivity index (χ1v) is 6.10. The van der Waals surface area contributed by atoms with Crippen LogP contribution in [0, 0.1) is 11.6 Å². The van der Waals surface area contributed by atoms with E-state index in [-0.39, 0.29) is 24.0 Å². The number of nitrogens with one attached hydrogen (secondary N) is 2. The number of hydrogen-bond donors (Lipinski definition) is 2. The number of rotatable bonds is 4. The fourth-order valence-corrected chi connectivity index (χ4v) is 1.66. The third-order valence-electron chi connectivity index (χ3n) is 2.84. The van der Waals surface area contributed by atoms with Crippen LogP contribution in [0.5, 0.6) is 0 Å². The van der Waals surface area contributed by atoms with E-state index in [0.29, 0.717) is 24.6 Å². The molecule has 106 valence electrons. The Kier molecular flexibility index (Phi) is 6.47. The summed E-state index contributed by atoms with van der Waals surface area (Å²) in [6, 6.07) is 4.19. The molecule has 0 saturated heterocycles. The zero-order valence-electron chi connectivity index (χ0n) is 10.7. The van der Waals surface area contributed by atoms with E-state index in [2.05, 4.69) is 15.6 Å². The molecule has 2 N–H and O–H groups in total. The molecule has 0 aromatic heterocycles. The summed E-state index contributed by atoms with van der Waals surface area (Å²) < 4.78 is 26.1. The lowest BCUT2D eigenvalue weighted by Gasteiger charge is -2.11. The lowest BCUT2D eigenvalue weighted by molar-refractivity contribution is 0.570. The Balaban J connectivity index is 0.00000180. The molecule has 0 atom stereocenters. The average Bonchev–Trinajstić information content (AvgIpc) is 3.14. The molecule has 1 fully saturated rings. The summed E-state index contributed by atoms with van der Waals surface area (Å²) in [7, 11) is 1.70. The normalized spacial score (nSPS) is 14.8. The fourth-order valence-electron chi connectivity index (χ4n) is 1.66. The topological polar surface area (TPSA) is 36.4 Å². The number of aliphatic imine (C=N–C) groups is 1. The molecule has 19 heavy (non-hydrogen) atoms. The van der Waals surface area contributed by atoms with Crippen molar-refractivity contribution in [1.82, 2.24) is 10.6 Å². The highest BCUT2D eigenvalue weighted by Crippen LogP contribution is 2.18. The number of benzene rings is 1. The number of halogens is 3. The van der Waals surface area contributed by atoms with Crippen LogP contribution in [0.1, 0.15) is 18.4 Å². The second-order valence-electron chi connectivity index (χ2n) is 4.40. The molecular weight excluding hydrogens is 363 g/mol. The van der Waals surface area contributed by atoms with E-state index in [1.807, 2.05) is 0 Å². The van der Waals surface area contributed by atoms with Gasteiger partial charge in [0.1, 0.15) is 11.6 Å². The van der Waals surface area contributed by atoms with E-state index in [4.69, 9.17) is 0 Å². The zero-order chi connectivity index (χ0) is 13.0. The van der Waals surface area contributed by atoms with E-state index in [0.717, 1.165) is 12.0 Å². The van der Waals surface area contributed by atoms with Crippen LogP contribution in [0.4, 0.5) is 8.78 Å². The Labute approximate surface area is 128 Å². The molecule has 0 unspecified atom stereocenters. The Morgan fingerprint density at radius 3 is 2.68 bits per heavy atom. The molecule has 1 saturated carbocycles. The molecule has 1 aromatic carbocycles. The van der Waals surface area contributed by atoms with Crippen molar-refractivity contribution < 1.29 is 8.78 Å². The summed E-state index contributed by atoms with van der Waals surface area (Å²) in [5.41, 5.74) is 0.505. The van der Waals surface area contributed by atoms with Gasteiger partial charge in [0.15, 0.2) is 5.96 Å². The maximum atomic E-state index is 13.4. The molecule has 1 aromatic rings. The summed E-state index contributed by atoms with van der Waals surface area (Å²) >= 11 is 0. The van der Waals surface area contributed by atoms with E-state index in [1.54, 1.807) is 7.05 Å². The molecule has 3 nitrogen and oxygen atoms in total. The van der Waals surface area contributed by atoms with Gasteiger partial charge >= 0.3 is 0 Å². The van der Waals surface area contributed by atoms with Gasteiger partial charge in [-0.25, -0.2) is 8.78 Å². The molecule has 0 spiro atoms. The van der Waals surface area contributed by atoms with Crippen LogP contribution >= 0.6 is 24.0 Å². The zero-order valence-corrected chi connectivity index (χ0v) is 13.1. The van der Waals surface area contributed by atoms with Crippen molar-refractivity contribution in [3.63, 3.8) is 0 Å². The monoisotopic (exact) mass is 381 g/mol. The maximum absolute atomic E-state index is 13.4. The number of nitrogens with zero attached hydrogens (tertiary/aromatic N) is 1. The molecule has 1 aliphatic rings. The second-order valence-corrected chi connectivity index (χ2v) is 4.40. The predicted molar refractivity (Wildman–Crippen MR) is 83.0 cm³/mol. The molecule has 0 radical (unpaired) electrons. The summed E-state index contributed by atoms with van der Waals surface area (Å²) in [6.45, 7) is 0.564. The lowest BCUT2D eigenvalue weighted by Crippen LogP contribution is -2.39. The van der Waals surface area contributed by atoms with Crippen molar-refractivity contribution in [3.05, 3.63) is 35.4 Å². The molecule has 0 bridgehead atoms. The Hall–Kier alpha value is -0.920. The standard InChI is InChI=1S/C13H17F2N3.HI/c1-16-13(18-11-4-5-11)17-7-6-9-2-3-10(14)8-12(9)15;/h2-3,8,11H,4-7H2,1H3,(H2,16,17,18);1H. The van der Waals surface area contributed by atoms with Gasteiger partial charge in [0.05, 0.1) is 0 Å². The van der Waals surface area contributed by atoms with Crippen LogP contribution in [-0.2, 0) is 6.42 Å². The molecule has 0 amide bonds. The van der Waals surface area contributed by atoms with Crippen molar-refractivity contribution in [1.29, 1.82) is 0 Å². The summed E-state index contributed by atoms with van der Waals surface area (Å²) in [6.07, 6.45) is 2.85. The van der Waals surface area contributed by atoms with Crippen molar-refractivity contribution in [2.75, 3.05) is 13.6 Å². The van der Waals surface area contributed by atoms with Crippen LogP contribution in [0.15, 0.2) is 23.2 Å². The van der Waals surface area contributed by atoms with E-state index in [9.17, 15) is 8.78 Å². The summed E-state index contributed by atoms with van der Waals surface area (Å²) in [5.74, 6) is -0.308. The van der Waals surface area contributed by atoms with Gasteiger partial charge in [-0.1, -0.05) is 6.07 Å². The number of hydrogen-bond acceptors (Lipinski definition) is 1. The fraction of sp³-hybridized carbons (Fsp3) is 0.462. The number of guanidine groups is 1. The Morgan fingerprint density at radius 2 is 2.11 bits per heavy atom. The third-order valence-corrected chi connectivity index (χ3v) is 2.84. The minimum absolute atomic E-state index is 0. The van der Waals surface area contributed by atoms with Gasteiger partial charge in [-0.3, -0.25) is 4.99 Å². The van der Waals surface area contributed by atoms with Gasteiger partial charge in [-0.15, -0.1) is 24.0 Å². The minimum atomic E-state index is -0.546. The highest BCUT2D eigenvalue weighted by atomic mass is 127. The second kappa shape index (κ2) is 7.62. The van der Waals surface area contributed by atoms with Gasteiger partial charge in [0, 0.05) is 25.7 Å². The highest BCUT2D eigenvalue weighted by Gasteiger charge is 2.21. The first-order valence-electron chi connectivity index (χ1n) is 6.10. The molecule has 0 heterocycles. The summed E-state index contributed by atoms with van der Waals surface area (Å²) in [5, 5.41) is 6.35. The van der Waals surface area contributed by atoms with Crippen LogP contribution in [0.3, 0.4) is 0 Å². The first-order chi connectivity index (χ1) is 8.69. The predicted octanol–water partition coefficient (Wildman–Crippen LogP) is 2.45. The smallest absolute Gasteiger partial charge is 0.191 e. The van der Waals surface area contributed by atoms with Crippen molar-refractivity contribution in [2.45, 2.75) is 25.3 Å². The van der Waals surface area contributed by atoms with Crippen LogP contribution < -0.4 is 10.6 Å². The molecule has 2 rings (SSSR count). The Morgan fingerprint density at radius 1 is 1.37 bits per heavy atom. The van der Waals surface area contributed by atoms with Crippen molar-refractivity contribution in [3.8, 4) is 0 Å². The molecule has 1 aliphatic carbocycles. The van der Waals surface area contributed by atoms with Crippen molar-refractivity contribution in [2.24, 2.45) is 4.99 Å². The van der Waals surface area contributed by atoms with E-state index >= 15 is 0 Å². The van der Waals surface area contributed by atoms with E-state index < -0.39 is 11.6 Å². The van der Waals surface area contributed by atoms with Crippen LogP contribution in [0.25, 0.3) is 0 Å². The third kappa shape index (κ3) is 5.30. The first kappa shape index (κ1) is 16.1. The average molecular weight is 381 g/mol. The minimum Gasteiger partial charge on any atom is -0.356 e.